The molecule has 1 atom stereocenters. The average Bonchev–Trinajstić information content (AvgIpc) is 2.41. The van der Waals surface area contributed by atoms with Crippen molar-refractivity contribution in [3.63, 3.8) is 0 Å². The maximum absolute atomic E-state index is 5.90. The van der Waals surface area contributed by atoms with Crippen molar-refractivity contribution in [1.82, 2.24) is 9.97 Å². The number of nitrogens with zero attached hydrogens (tertiary/aromatic N) is 2. The van der Waals surface area contributed by atoms with E-state index in [4.69, 9.17) is 23.1 Å². The molecule has 4 N–H and O–H groups in total. The van der Waals surface area contributed by atoms with Crippen LogP contribution in [0.2, 0.25) is 5.02 Å². The fourth-order valence-electron chi connectivity index (χ4n) is 1.73. The number of hydrogen-bond acceptors (Lipinski definition) is 4. The van der Waals surface area contributed by atoms with Gasteiger partial charge >= 0.3 is 0 Å². The summed E-state index contributed by atoms with van der Waals surface area (Å²) in [7, 11) is 2.42. The van der Waals surface area contributed by atoms with E-state index in [2.05, 4.69) is 19.2 Å². The van der Waals surface area contributed by atoms with E-state index in [9.17, 15) is 0 Å². The van der Waals surface area contributed by atoms with E-state index < -0.39 is 0 Å². The summed E-state index contributed by atoms with van der Waals surface area (Å²) >= 11 is 5.86. The number of rotatable bonds is 2. The first-order chi connectivity index (χ1) is 9.11. The molecule has 2 rings (SSSR count). The molecule has 0 bridgehead atoms. The summed E-state index contributed by atoms with van der Waals surface area (Å²) < 4.78 is 0. The zero-order valence-corrected chi connectivity index (χ0v) is 12.9. The summed E-state index contributed by atoms with van der Waals surface area (Å²) in [4.78, 5) is 8.20. The minimum Gasteiger partial charge on any atom is -0.383 e. The quantitative estimate of drug-likeness (QED) is 0.835. The molecule has 0 saturated heterocycles. The highest BCUT2D eigenvalue weighted by atomic mass is 35.5. The van der Waals surface area contributed by atoms with Crippen molar-refractivity contribution in [1.29, 1.82) is 0 Å². The lowest BCUT2D eigenvalue weighted by molar-refractivity contribution is 1.02. The van der Waals surface area contributed by atoms with Crippen LogP contribution in [0.3, 0.4) is 0 Å². The Labute approximate surface area is 120 Å². The zero-order chi connectivity index (χ0) is 14.4. The van der Waals surface area contributed by atoms with E-state index >= 15 is 0 Å². The molecule has 0 radical (unpaired) electrons. The molecule has 1 aromatic heterocycles. The van der Waals surface area contributed by atoms with Gasteiger partial charge in [0.05, 0.1) is 5.69 Å². The molecule has 2 aromatic rings. The topological polar surface area (TPSA) is 77.8 Å². The smallest absolute Gasteiger partial charge is 0.222 e. The van der Waals surface area contributed by atoms with E-state index in [1.807, 2.05) is 37.9 Å². The van der Waals surface area contributed by atoms with Crippen molar-refractivity contribution in [3.8, 4) is 11.1 Å². The molecule has 0 amide bonds. The predicted octanol–water partition coefficient (Wildman–Crippen LogP) is 3.02. The second-order valence-electron chi connectivity index (χ2n) is 3.65. The van der Waals surface area contributed by atoms with Gasteiger partial charge in [0.1, 0.15) is 5.82 Å². The molecule has 0 spiro atoms. The van der Waals surface area contributed by atoms with Crippen molar-refractivity contribution >= 4 is 32.6 Å². The maximum Gasteiger partial charge on any atom is 0.222 e. The first kappa shape index (κ1) is 15.7. The molecule has 1 unspecified atom stereocenters. The Morgan fingerprint density at radius 3 is 2.21 bits per heavy atom. The molecule has 6 heteroatoms. The maximum atomic E-state index is 5.90. The molecule has 19 heavy (non-hydrogen) atoms. The van der Waals surface area contributed by atoms with Crippen molar-refractivity contribution in [3.05, 3.63) is 35.0 Å². The van der Waals surface area contributed by atoms with Crippen LogP contribution in [0.25, 0.3) is 11.1 Å². The van der Waals surface area contributed by atoms with Gasteiger partial charge in [-0.1, -0.05) is 37.3 Å². The van der Waals surface area contributed by atoms with Crippen LogP contribution < -0.4 is 11.5 Å². The number of nitrogen functional groups attached to an aromatic ring is 2. The Hall–Kier alpha value is -1.38. The number of hydrogen-bond donors (Lipinski definition) is 2. The summed E-state index contributed by atoms with van der Waals surface area (Å²) in [6, 6.07) is 7.41. The van der Waals surface area contributed by atoms with Gasteiger partial charge in [-0.15, -0.1) is 9.24 Å². The van der Waals surface area contributed by atoms with Gasteiger partial charge in [0, 0.05) is 10.6 Å². The van der Waals surface area contributed by atoms with Crippen LogP contribution in [-0.4, -0.2) is 16.6 Å². The fourth-order valence-corrected chi connectivity index (χ4v) is 1.86. The summed E-state index contributed by atoms with van der Waals surface area (Å²) in [5, 5.41) is 0.682. The Kier molecular flexibility index (Phi) is 6.00. The first-order valence-corrected chi connectivity index (χ1v) is 7.40. The second kappa shape index (κ2) is 7.27. The van der Waals surface area contributed by atoms with Gasteiger partial charge in [0.2, 0.25) is 5.95 Å². The van der Waals surface area contributed by atoms with Crippen LogP contribution in [-0.2, 0) is 6.42 Å². The number of aryl methyl sites for hydroxylation is 1. The Bertz CT molecular complexity index is 543. The Morgan fingerprint density at radius 2 is 1.68 bits per heavy atom. The van der Waals surface area contributed by atoms with E-state index in [-0.39, 0.29) is 5.95 Å². The monoisotopic (exact) mass is 296 g/mol. The molecule has 0 aliphatic carbocycles. The third-order valence-corrected chi connectivity index (χ3v) is 2.75. The second-order valence-corrected chi connectivity index (χ2v) is 4.09. The number of nitrogens with two attached hydrogens (primary N) is 2. The molecule has 0 aliphatic heterocycles. The first-order valence-electron chi connectivity index (χ1n) is 5.87. The van der Waals surface area contributed by atoms with Crippen LogP contribution in [0.15, 0.2) is 24.3 Å². The summed E-state index contributed by atoms with van der Waals surface area (Å²) in [5.41, 5.74) is 14.1. The number of anilines is 2. The molecular weight excluding hydrogens is 279 g/mol. The van der Waals surface area contributed by atoms with Crippen LogP contribution in [0.5, 0.6) is 0 Å². The van der Waals surface area contributed by atoms with Gasteiger partial charge in [-0.3, -0.25) is 0 Å². The van der Waals surface area contributed by atoms with Crippen LogP contribution in [0.4, 0.5) is 11.8 Å². The standard InChI is InChI=1S/C12H13ClN4.CH5P/c1-2-9-10(11(14)17-12(15)16-9)7-3-5-8(13)6-4-7;1-2/h3-6H,2H2,1H3,(H4,14,15,16,17);2H2,1H3. The molecule has 1 heterocycles. The fraction of sp³-hybridized carbons (Fsp3) is 0.231. The minimum absolute atomic E-state index is 0.206. The third-order valence-electron chi connectivity index (χ3n) is 2.50. The zero-order valence-electron chi connectivity index (χ0n) is 11.0. The van der Waals surface area contributed by atoms with Crippen molar-refractivity contribution in [2.75, 3.05) is 18.1 Å². The van der Waals surface area contributed by atoms with Crippen molar-refractivity contribution in [2.45, 2.75) is 13.3 Å². The Morgan fingerprint density at radius 1 is 1.11 bits per heavy atom. The van der Waals surface area contributed by atoms with Crippen LogP contribution in [0, 0.1) is 0 Å². The van der Waals surface area contributed by atoms with Gasteiger partial charge in [0.25, 0.3) is 0 Å². The van der Waals surface area contributed by atoms with Crippen LogP contribution in [0.1, 0.15) is 12.6 Å². The summed E-state index contributed by atoms with van der Waals surface area (Å²) in [6.07, 6.45) is 0.745. The minimum atomic E-state index is 0.206. The number of halogens is 1. The van der Waals surface area contributed by atoms with E-state index in [1.54, 1.807) is 0 Å². The van der Waals surface area contributed by atoms with E-state index in [1.165, 1.54) is 0 Å². The van der Waals surface area contributed by atoms with Gasteiger partial charge in [-0.2, -0.15) is 4.98 Å². The molecule has 4 nitrogen and oxygen atoms in total. The lowest BCUT2D eigenvalue weighted by Gasteiger charge is -2.10. The predicted molar refractivity (Wildman–Crippen MR) is 86.3 cm³/mol. The number of benzene rings is 1. The SMILES string of the molecule is CCc1nc(N)nc(N)c1-c1ccc(Cl)cc1.CP. The highest BCUT2D eigenvalue weighted by Gasteiger charge is 2.11. The third kappa shape index (κ3) is 3.79. The van der Waals surface area contributed by atoms with E-state index in [0.29, 0.717) is 10.8 Å². The number of aromatic nitrogens is 2. The normalized spacial score (nSPS) is 9.68. The Balaban J connectivity index is 0.000000861. The molecule has 102 valence electrons. The van der Waals surface area contributed by atoms with Gasteiger partial charge < -0.3 is 11.5 Å². The molecule has 0 aliphatic rings. The summed E-state index contributed by atoms with van der Waals surface area (Å²) in [6.45, 7) is 3.92. The molecule has 0 saturated carbocycles. The molecule has 1 aromatic carbocycles. The average molecular weight is 297 g/mol. The lowest BCUT2D eigenvalue weighted by Crippen LogP contribution is -2.06. The summed E-state index contributed by atoms with van der Waals surface area (Å²) in [5.74, 6) is 0.605. The highest BCUT2D eigenvalue weighted by molar-refractivity contribution is 7.15. The van der Waals surface area contributed by atoms with Gasteiger partial charge in [-0.05, 0) is 24.1 Å². The highest BCUT2D eigenvalue weighted by Crippen LogP contribution is 2.29. The van der Waals surface area contributed by atoms with Gasteiger partial charge in [0.15, 0.2) is 0 Å². The van der Waals surface area contributed by atoms with Gasteiger partial charge in [-0.25, -0.2) is 4.98 Å². The van der Waals surface area contributed by atoms with Crippen LogP contribution >= 0.6 is 20.8 Å². The lowest BCUT2D eigenvalue weighted by atomic mass is 10.0. The largest absolute Gasteiger partial charge is 0.383 e. The van der Waals surface area contributed by atoms with Crippen molar-refractivity contribution in [2.24, 2.45) is 0 Å². The molecular formula is C13H18ClN4P. The van der Waals surface area contributed by atoms with E-state index in [0.717, 1.165) is 23.2 Å². The molecule has 0 fully saturated rings. The van der Waals surface area contributed by atoms with Crippen molar-refractivity contribution < 1.29 is 0 Å².